The van der Waals surface area contributed by atoms with Crippen LogP contribution in [-0.4, -0.2) is 28.7 Å². The fourth-order valence-electron chi connectivity index (χ4n) is 2.44. The van der Waals surface area contributed by atoms with E-state index in [9.17, 15) is 27.9 Å². The van der Waals surface area contributed by atoms with Crippen molar-refractivity contribution in [2.24, 2.45) is 5.92 Å². The molecule has 1 aromatic carbocycles. The number of para-hydroxylation sites is 1. The SMILES string of the molecule is CC(=O)[C@@](C(=O)O)(C(C)C)N(c1ccccc1)C(F)(F)F. The molecule has 1 rings (SSSR count). The topological polar surface area (TPSA) is 57.6 Å². The maximum atomic E-state index is 13.5. The van der Waals surface area contributed by atoms with Crippen molar-refractivity contribution in [2.45, 2.75) is 32.6 Å². The third kappa shape index (κ3) is 2.86. The van der Waals surface area contributed by atoms with Gasteiger partial charge in [0.1, 0.15) is 0 Å². The molecular formula is C14H16F3NO3. The quantitative estimate of drug-likeness (QED) is 0.671. The van der Waals surface area contributed by atoms with Crippen molar-refractivity contribution in [1.82, 2.24) is 0 Å². The van der Waals surface area contributed by atoms with Gasteiger partial charge < -0.3 is 5.11 Å². The van der Waals surface area contributed by atoms with Crippen molar-refractivity contribution in [3.63, 3.8) is 0 Å². The number of carbonyl (C=O) groups is 2. The van der Waals surface area contributed by atoms with Crippen LogP contribution in [-0.2, 0) is 9.59 Å². The van der Waals surface area contributed by atoms with Gasteiger partial charge in [-0.1, -0.05) is 32.0 Å². The van der Waals surface area contributed by atoms with Crippen LogP contribution in [0.15, 0.2) is 30.3 Å². The molecule has 7 heteroatoms. The predicted octanol–water partition coefficient (Wildman–Crippen LogP) is 3.08. The molecule has 0 saturated heterocycles. The number of carboxylic acids is 1. The third-order valence-electron chi connectivity index (χ3n) is 3.32. The second kappa shape index (κ2) is 5.75. The Labute approximate surface area is 120 Å². The number of alkyl halides is 3. The molecule has 0 aromatic heterocycles. The van der Waals surface area contributed by atoms with Crippen molar-refractivity contribution in [1.29, 1.82) is 0 Å². The molecule has 0 heterocycles. The monoisotopic (exact) mass is 303 g/mol. The first-order valence-electron chi connectivity index (χ1n) is 6.22. The molecule has 116 valence electrons. The van der Waals surface area contributed by atoms with Crippen molar-refractivity contribution in [3.05, 3.63) is 30.3 Å². The summed E-state index contributed by atoms with van der Waals surface area (Å²) in [5.74, 6) is -3.99. The smallest absolute Gasteiger partial charge is 0.479 e. The number of carbonyl (C=O) groups excluding carboxylic acids is 1. The number of aliphatic carboxylic acids is 1. The van der Waals surface area contributed by atoms with Crippen LogP contribution in [0, 0.1) is 5.92 Å². The lowest BCUT2D eigenvalue weighted by Crippen LogP contribution is -2.67. The Balaban J connectivity index is 3.69. The molecule has 0 spiro atoms. The number of ketones is 1. The summed E-state index contributed by atoms with van der Waals surface area (Å²) in [5.41, 5.74) is -3.10. The van der Waals surface area contributed by atoms with Crippen molar-refractivity contribution in [2.75, 3.05) is 4.90 Å². The number of Topliss-reactive ketones (excluding diaryl/α,β-unsaturated/α-hetero) is 1. The molecule has 0 bridgehead atoms. The number of benzene rings is 1. The first-order valence-corrected chi connectivity index (χ1v) is 6.22. The largest absolute Gasteiger partial charge is 0.486 e. The molecule has 0 radical (unpaired) electrons. The van der Waals surface area contributed by atoms with Gasteiger partial charge in [0.25, 0.3) is 0 Å². The lowest BCUT2D eigenvalue weighted by atomic mass is 9.80. The molecule has 0 aliphatic carbocycles. The Morgan fingerprint density at radius 2 is 1.62 bits per heavy atom. The van der Waals surface area contributed by atoms with Crippen LogP contribution in [0.25, 0.3) is 0 Å². The number of halogens is 3. The zero-order valence-electron chi connectivity index (χ0n) is 11.8. The second-order valence-corrected chi connectivity index (χ2v) is 4.92. The standard InChI is InChI=1S/C14H16F3NO3/c1-9(2)13(10(3)19,12(20)21)18(14(15,16)17)11-7-5-4-6-8-11/h4-9H,1-3H3,(H,20,21)/t13-/m1/s1. The summed E-state index contributed by atoms with van der Waals surface area (Å²) in [6.07, 6.45) is -5.02. The van der Waals surface area contributed by atoms with Crippen LogP contribution in [0.2, 0.25) is 0 Å². The Kier molecular flexibility index (Phi) is 4.65. The number of hydrogen-bond donors (Lipinski definition) is 1. The summed E-state index contributed by atoms with van der Waals surface area (Å²) < 4.78 is 40.5. The second-order valence-electron chi connectivity index (χ2n) is 4.92. The molecule has 4 nitrogen and oxygen atoms in total. The number of nitrogens with zero attached hydrogens (tertiary/aromatic N) is 1. The maximum absolute atomic E-state index is 13.5. The van der Waals surface area contributed by atoms with Gasteiger partial charge >= 0.3 is 12.3 Å². The molecule has 21 heavy (non-hydrogen) atoms. The highest BCUT2D eigenvalue weighted by Crippen LogP contribution is 2.40. The first-order chi connectivity index (χ1) is 9.56. The zero-order chi connectivity index (χ0) is 16.4. The Hall–Kier alpha value is -2.05. The summed E-state index contributed by atoms with van der Waals surface area (Å²) >= 11 is 0. The van der Waals surface area contributed by atoms with Crippen LogP contribution >= 0.6 is 0 Å². The molecule has 0 aliphatic rings. The van der Waals surface area contributed by atoms with E-state index in [0.29, 0.717) is 0 Å². The van der Waals surface area contributed by atoms with E-state index < -0.39 is 35.2 Å². The molecule has 1 N–H and O–H groups in total. The fourth-order valence-corrected chi connectivity index (χ4v) is 2.44. The van der Waals surface area contributed by atoms with Gasteiger partial charge in [-0.3, -0.25) is 9.69 Å². The van der Waals surface area contributed by atoms with E-state index in [1.54, 1.807) is 0 Å². The molecule has 0 unspecified atom stereocenters. The van der Waals surface area contributed by atoms with Crippen molar-refractivity contribution >= 4 is 17.4 Å². The Morgan fingerprint density at radius 3 is 1.90 bits per heavy atom. The summed E-state index contributed by atoms with van der Waals surface area (Å²) in [6.45, 7) is 3.41. The van der Waals surface area contributed by atoms with Crippen molar-refractivity contribution in [3.8, 4) is 0 Å². The van der Waals surface area contributed by atoms with Crippen LogP contribution < -0.4 is 4.90 Å². The van der Waals surface area contributed by atoms with Crippen LogP contribution in [0.3, 0.4) is 0 Å². The van der Waals surface area contributed by atoms with Gasteiger partial charge in [0, 0.05) is 5.69 Å². The lowest BCUT2D eigenvalue weighted by Gasteiger charge is -2.43. The van der Waals surface area contributed by atoms with Gasteiger partial charge in [-0.25, -0.2) is 4.79 Å². The number of anilines is 1. The number of hydrogen-bond acceptors (Lipinski definition) is 3. The van der Waals surface area contributed by atoms with Crippen LogP contribution in [0.1, 0.15) is 20.8 Å². The Morgan fingerprint density at radius 1 is 1.14 bits per heavy atom. The molecule has 1 atom stereocenters. The van der Waals surface area contributed by atoms with Gasteiger partial charge in [-0.05, 0) is 25.0 Å². The fraction of sp³-hybridized carbons (Fsp3) is 0.429. The van der Waals surface area contributed by atoms with E-state index in [4.69, 9.17) is 0 Å². The maximum Gasteiger partial charge on any atom is 0.486 e. The van der Waals surface area contributed by atoms with Crippen molar-refractivity contribution < 1.29 is 27.9 Å². The van der Waals surface area contributed by atoms with E-state index in [2.05, 4.69) is 0 Å². The van der Waals surface area contributed by atoms with E-state index in [1.165, 1.54) is 32.0 Å². The van der Waals surface area contributed by atoms with E-state index >= 15 is 0 Å². The predicted molar refractivity (Wildman–Crippen MR) is 70.9 cm³/mol. The Bertz CT molecular complexity index is 512. The molecule has 0 saturated carbocycles. The normalized spacial score (nSPS) is 14.6. The summed E-state index contributed by atoms with van der Waals surface area (Å²) in [4.78, 5) is 23.2. The number of carboxylic acid groups (broad SMARTS) is 1. The zero-order valence-corrected chi connectivity index (χ0v) is 11.8. The first kappa shape index (κ1) is 17.0. The average molecular weight is 303 g/mol. The minimum absolute atomic E-state index is 0.269. The highest BCUT2D eigenvalue weighted by atomic mass is 19.4. The average Bonchev–Trinajstić information content (AvgIpc) is 2.33. The van der Waals surface area contributed by atoms with Gasteiger partial charge in [-0.15, -0.1) is 0 Å². The molecule has 0 fully saturated rings. The summed E-state index contributed by atoms with van der Waals surface area (Å²) in [7, 11) is 0. The van der Waals surface area contributed by atoms with E-state index in [1.807, 2.05) is 0 Å². The van der Waals surface area contributed by atoms with Gasteiger partial charge in [0.2, 0.25) is 5.54 Å². The van der Waals surface area contributed by atoms with E-state index in [-0.39, 0.29) is 4.90 Å². The minimum atomic E-state index is -5.02. The summed E-state index contributed by atoms with van der Waals surface area (Å²) in [5, 5.41) is 9.40. The summed E-state index contributed by atoms with van der Waals surface area (Å²) in [6, 6.07) is 6.44. The van der Waals surface area contributed by atoms with Gasteiger partial charge in [-0.2, -0.15) is 13.2 Å². The lowest BCUT2D eigenvalue weighted by molar-refractivity contribution is -0.172. The van der Waals surface area contributed by atoms with Crippen LogP contribution in [0.5, 0.6) is 0 Å². The van der Waals surface area contributed by atoms with Gasteiger partial charge in [0.05, 0.1) is 0 Å². The minimum Gasteiger partial charge on any atom is -0.479 e. The number of rotatable bonds is 5. The van der Waals surface area contributed by atoms with E-state index in [0.717, 1.165) is 19.1 Å². The molecule has 0 aliphatic heterocycles. The third-order valence-corrected chi connectivity index (χ3v) is 3.32. The highest BCUT2D eigenvalue weighted by Gasteiger charge is 2.60. The van der Waals surface area contributed by atoms with Crippen LogP contribution in [0.4, 0.5) is 18.9 Å². The van der Waals surface area contributed by atoms with Gasteiger partial charge in [0.15, 0.2) is 5.78 Å². The molecular weight excluding hydrogens is 287 g/mol. The highest BCUT2D eigenvalue weighted by molar-refractivity contribution is 6.10. The molecule has 0 amide bonds. The molecule has 1 aromatic rings.